The fourth-order valence-corrected chi connectivity index (χ4v) is 1.20. The molecule has 0 unspecified atom stereocenters. The summed E-state index contributed by atoms with van der Waals surface area (Å²) < 4.78 is 0. The minimum absolute atomic E-state index is 0.270. The van der Waals surface area contributed by atoms with Gasteiger partial charge < -0.3 is 0 Å². The highest BCUT2D eigenvalue weighted by molar-refractivity contribution is 5.71. The van der Waals surface area contributed by atoms with Crippen molar-refractivity contribution in [1.29, 1.82) is 0 Å². The van der Waals surface area contributed by atoms with Crippen molar-refractivity contribution in [2.24, 2.45) is 0 Å². The Balaban J connectivity index is 3.11. The molecule has 0 saturated carbocycles. The molecule has 3 nitrogen and oxygen atoms in total. The van der Waals surface area contributed by atoms with Crippen molar-refractivity contribution in [3.63, 3.8) is 0 Å². The monoisotopic (exact) mass is 187 g/mol. The van der Waals surface area contributed by atoms with Crippen molar-refractivity contribution in [2.45, 2.75) is 52.4 Å². The van der Waals surface area contributed by atoms with Gasteiger partial charge in [-0.3, -0.25) is 10.0 Å². The van der Waals surface area contributed by atoms with Crippen LogP contribution in [0.15, 0.2) is 0 Å². The zero-order chi connectivity index (χ0) is 10.1. The first kappa shape index (κ1) is 12.4. The second kappa shape index (κ2) is 8.05. The van der Waals surface area contributed by atoms with Crippen LogP contribution < -0.4 is 0 Å². The average molecular weight is 187 g/mol. The molecular formula is C10H21NO2. The van der Waals surface area contributed by atoms with Crippen LogP contribution in [0.4, 0.5) is 0 Å². The van der Waals surface area contributed by atoms with Crippen LogP contribution in [0, 0.1) is 0 Å². The molecule has 0 bridgehead atoms. The molecule has 0 heterocycles. The van der Waals surface area contributed by atoms with E-state index in [1.54, 1.807) is 0 Å². The van der Waals surface area contributed by atoms with Crippen molar-refractivity contribution >= 4 is 5.91 Å². The van der Waals surface area contributed by atoms with E-state index in [9.17, 15) is 4.79 Å². The van der Waals surface area contributed by atoms with Gasteiger partial charge in [0.15, 0.2) is 0 Å². The van der Waals surface area contributed by atoms with Crippen molar-refractivity contribution in [3.05, 3.63) is 0 Å². The highest BCUT2D eigenvalue weighted by atomic mass is 16.5. The Bertz CT molecular complexity index is 137. The first-order valence-corrected chi connectivity index (χ1v) is 5.15. The van der Waals surface area contributed by atoms with Gasteiger partial charge >= 0.3 is 0 Å². The number of hydrogen-bond acceptors (Lipinski definition) is 2. The lowest BCUT2D eigenvalue weighted by Gasteiger charge is -2.11. The topological polar surface area (TPSA) is 40.5 Å². The maximum absolute atomic E-state index is 10.6. The van der Waals surface area contributed by atoms with Gasteiger partial charge in [0.05, 0.1) is 0 Å². The predicted octanol–water partition coefficient (Wildman–Crippen LogP) is 2.58. The summed E-state index contributed by atoms with van der Waals surface area (Å²) in [6.07, 6.45) is 7.01. The Morgan fingerprint density at radius 2 is 1.69 bits per heavy atom. The average Bonchev–Trinajstić information content (AvgIpc) is 2.10. The van der Waals surface area contributed by atoms with Crippen LogP contribution in [-0.4, -0.2) is 22.7 Å². The quantitative estimate of drug-likeness (QED) is 0.378. The fourth-order valence-electron chi connectivity index (χ4n) is 1.20. The van der Waals surface area contributed by atoms with Crippen LogP contribution in [0.5, 0.6) is 0 Å². The molecule has 0 aromatic rings. The van der Waals surface area contributed by atoms with E-state index in [4.69, 9.17) is 5.21 Å². The first-order valence-electron chi connectivity index (χ1n) is 5.15. The summed E-state index contributed by atoms with van der Waals surface area (Å²) in [6, 6.07) is 0. The smallest absolute Gasteiger partial charge is 0.242 e. The number of nitrogens with zero attached hydrogens (tertiary/aromatic N) is 1. The number of carbonyl (C=O) groups is 1. The number of hydrogen-bond donors (Lipinski definition) is 1. The Morgan fingerprint density at radius 3 is 2.23 bits per heavy atom. The standard InChI is InChI=1S/C10H21NO2/c1-3-4-5-6-7-8-9-11(13)10(2)12/h13H,3-9H2,1-2H3. The minimum atomic E-state index is -0.270. The van der Waals surface area contributed by atoms with E-state index in [1.807, 2.05) is 0 Å². The van der Waals surface area contributed by atoms with Gasteiger partial charge in [-0.25, -0.2) is 5.06 Å². The Morgan fingerprint density at radius 1 is 1.15 bits per heavy atom. The summed E-state index contributed by atoms with van der Waals surface area (Å²) in [4.78, 5) is 10.6. The molecule has 0 fully saturated rings. The van der Waals surface area contributed by atoms with E-state index < -0.39 is 0 Å². The maximum Gasteiger partial charge on any atom is 0.242 e. The van der Waals surface area contributed by atoms with Gasteiger partial charge in [0, 0.05) is 13.5 Å². The molecule has 0 aliphatic rings. The van der Waals surface area contributed by atoms with Gasteiger partial charge in [-0.15, -0.1) is 0 Å². The molecule has 0 saturated heterocycles. The highest BCUT2D eigenvalue weighted by Gasteiger charge is 2.02. The summed E-state index contributed by atoms with van der Waals surface area (Å²) >= 11 is 0. The molecule has 3 heteroatoms. The van der Waals surface area contributed by atoms with E-state index in [-0.39, 0.29) is 5.91 Å². The number of unbranched alkanes of at least 4 members (excludes halogenated alkanes) is 5. The molecule has 0 atom stereocenters. The van der Waals surface area contributed by atoms with Crippen LogP contribution in [0.3, 0.4) is 0 Å². The molecule has 13 heavy (non-hydrogen) atoms. The molecule has 78 valence electrons. The number of carbonyl (C=O) groups excluding carboxylic acids is 1. The van der Waals surface area contributed by atoms with Crippen LogP contribution >= 0.6 is 0 Å². The third-order valence-corrected chi connectivity index (χ3v) is 2.09. The van der Waals surface area contributed by atoms with E-state index in [1.165, 1.54) is 32.6 Å². The Labute approximate surface area is 80.7 Å². The molecule has 0 spiro atoms. The Hall–Kier alpha value is -0.570. The molecule has 0 aliphatic heterocycles. The SMILES string of the molecule is CCCCCCCCN(O)C(C)=O. The van der Waals surface area contributed by atoms with E-state index in [0.717, 1.165) is 17.9 Å². The normalized spacial score (nSPS) is 10.1. The largest absolute Gasteiger partial charge is 0.286 e. The van der Waals surface area contributed by atoms with Crippen molar-refractivity contribution in [3.8, 4) is 0 Å². The number of hydroxylamine groups is 2. The van der Waals surface area contributed by atoms with Gasteiger partial charge in [0.25, 0.3) is 0 Å². The molecule has 0 aliphatic carbocycles. The molecular weight excluding hydrogens is 166 g/mol. The maximum atomic E-state index is 10.6. The molecule has 0 radical (unpaired) electrons. The van der Waals surface area contributed by atoms with Crippen LogP contribution in [0.1, 0.15) is 52.4 Å². The summed E-state index contributed by atoms with van der Waals surface area (Å²) in [6.45, 7) is 4.03. The third kappa shape index (κ3) is 7.78. The van der Waals surface area contributed by atoms with Crippen molar-refractivity contribution in [2.75, 3.05) is 6.54 Å². The lowest BCUT2D eigenvalue weighted by Crippen LogP contribution is -2.25. The predicted molar refractivity (Wildman–Crippen MR) is 52.5 cm³/mol. The summed E-state index contributed by atoms with van der Waals surface area (Å²) in [5.41, 5.74) is 0. The van der Waals surface area contributed by atoms with E-state index in [0.29, 0.717) is 6.54 Å². The van der Waals surface area contributed by atoms with Gasteiger partial charge in [0.1, 0.15) is 0 Å². The lowest BCUT2D eigenvalue weighted by molar-refractivity contribution is -0.162. The van der Waals surface area contributed by atoms with Gasteiger partial charge in [-0.1, -0.05) is 39.0 Å². The molecule has 1 N–H and O–H groups in total. The van der Waals surface area contributed by atoms with Gasteiger partial charge in [-0.05, 0) is 6.42 Å². The first-order chi connectivity index (χ1) is 6.18. The molecule has 0 rings (SSSR count). The van der Waals surface area contributed by atoms with Crippen LogP contribution in [0.25, 0.3) is 0 Å². The Kier molecular flexibility index (Phi) is 7.69. The summed E-state index contributed by atoms with van der Waals surface area (Å²) in [7, 11) is 0. The third-order valence-electron chi connectivity index (χ3n) is 2.09. The van der Waals surface area contributed by atoms with Crippen molar-refractivity contribution < 1.29 is 10.0 Å². The van der Waals surface area contributed by atoms with Crippen LogP contribution in [-0.2, 0) is 4.79 Å². The van der Waals surface area contributed by atoms with Crippen LogP contribution in [0.2, 0.25) is 0 Å². The second-order valence-corrected chi connectivity index (χ2v) is 3.41. The lowest BCUT2D eigenvalue weighted by atomic mass is 10.1. The summed E-state index contributed by atoms with van der Waals surface area (Å²) in [5.74, 6) is -0.270. The van der Waals surface area contributed by atoms with Gasteiger partial charge in [0.2, 0.25) is 5.91 Å². The number of rotatable bonds is 7. The molecule has 1 amide bonds. The summed E-state index contributed by atoms with van der Waals surface area (Å²) in [5, 5.41) is 9.80. The fraction of sp³-hybridized carbons (Fsp3) is 0.900. The second-order valence-electron chi connectivity index (χ2n) is 3.41. The van der Waals surface area contributed by atoms with E-state index in [2.05, 4.69) is 6.92 Å². The molecule has 0 aromatic carbocycles. The number of amides is 1. The van der Waals surface area contributed by atoms with Crippen molar-refractivity contribution in [1.82, 2.24) is 5.06 Å². The molecule has 0 aromatic heterocycles. The zero-order valence-corrected chi connectivity index (χ0v) is 8.75. The zero-order valence-electron chi connectivity index (χ0n) is 8.75. The minimum Gasteiger partial charge on any atom is -0.286 e. The van der Waals surface area contributed by atoms with E-state index >= 15 is 0 Å². The van der Waals surface area contributed by atoms with Gasteiger partial charge in [-0.2, -0.15) is 0 Å². The highest BCUT2D eigenvalue weighted by Crippen LogP contribution is 2.05.